The average molecular weight is 220 g/mol. The Bertz CT molecular complexity index is 380. The van der Waals surface area contributed by atoms with Crippen molar-refractivity contribution in [3.63, 3.8) is 0 Å². The summed E-state index contributed by atoms with van der Waals surface area (Å²) in [7, 11) is 1.59. The third kappa shape index (κ3) is 2.50. The van der Waals surface area contributed by atoms with E-state index in [4.69, 9.17) is 4.74 Å². The van der Waals surface area contributed by atoms with Crippen LogP contribution in [-0.4, -0.2) is 19.0 Å². The van der Waals surface area contributed by atoms with E-state index < -0.39 is 0 Å². The number of methoxy groups -OCH3 is 1. The van der Waals surface area contributed by atoms with Crippen molar-refractivity contribution in [1.82, 2.24) is 0 Å². The van der Waals surface area contributed by atoms with Crippen LogP contribution in [0.25, 0.3) is 0 Å². The molecule has 88 valence electrons. The molecule has 0 aliphatic heterocycles. The Balaban J connectivity index is 3.09. The number of ketones is 1. The standard InChI is InChI=1S/C14H20O2/c1-9(2)14(16-5)13(15)12-8-6-7-10(3)11(12)4/h6-9,14H,1-5H3. The molecule has 1 aromatic rings. The number of ether oxygens (including phenoxy) is 1. The van der Waals surface area contributed by atoms with E-state index >= 15 is 0 Å². The molecule has 1 aromatic carbocycles. The van der Waals surface area contributed by atoms with Crippen molar-refractivity contribution in [2.75, 3.05) is 7.11 Å². The van der Waals surface area contributed by atoms with Crippen LogP contribution in [0.2, 0.25) is 0 Å². The molecule has 1 atom stereocenters. The number of carbonyl (C=O) groups excluding carboxylic acids is 1. The fourth-order valence-corrected chi connectivity index (χ4v) is 1.85. The zero-order valence-electron chi connectivity index (χ0n) is 10.7. The molecule has 1 rings (SSSR count). The van der Waals surface area contributed by atoms with Crippen LogP contribution in [0.5, 0.6) is 0 Å². The summed E-state index contributed by atoms with van der Waals surface area (Å²) in [5.41, 5.74) is 2.97. The molecule has 0 spiro atoms. The van der Waals surface area contributed by atoms with E-state index in [9.17, 15) is 4.79 Å². The first-order valence-electron chi connectivity index (χ1n) is 5.62. The fraction of sp³-hybridized carbons (Fsp3) is 0.500. The Hall–Kier alpha value is -1.15. The monoisotopic (exact) mass is 220 g/mol. The van der Waals surface area contributed by atoms with Gasteiger partial charge in [0.05, 0.1) is 0 Å². The van der Waals surface area contributed by atoms with Gasteiger partial charge in [-0.05, 0) is 30.9 Å². The highest BCUT2D eigenvalue weighted by molar-refractivity contribution is 6.01. The first-order valence-corrected chi connectivity index (χ1v) is 5.62. The number of Topliss-reactive ketones (excluding diaryl/α,β-unsaturated/α-hetero) is 1. The van der Waals surface area contributed by atoms with Crippen LogP contribution in [-0.2, 0) is 4.74 Å². The fourth-order valence-electron chi connectivity index (χ4n) is 1.85. The topological polar surface area (TPSA) is 26.3 Å². The zero-order valence-corrected chi connectivity index (χ0v) is 10.7. The minimum atomic E-state index is -0.347. The normalized spacial score (nSPS) is 12.9. The van der Waals surface area contributed by atoms with Gasteiger partial charge in [0.2, 0.25) is 0 Å². The van der Waals surface area contributed by atoms with Crippen LogP contribution in [0.15, 0.2) is 18.2 Å². The van der Waals surface area contributed by atoms with Gasteiger partial charge in [-0.3, -0.25) is 4.79 Å². The second kappa shape index (κ2) is 5.26. The van der Waals surface area contributed by atoms with Crippen LogP contribution in [0.3, 0.4) is 0 Å². The highest BCUT2D eigenvalue weighted by Crippen LogP contribution is 2.18. The van der Waals surface area contributed by atoms with Crippen molar-refractivity contribution >= 4 is 5.78 Å². The molecule has 0 aliphatic carbocycles. The summed E-state index contributed by atoms with van der Waals surface area (Å²) in [5, 5.41) is 0. The SMILES string of the molecule is COC(C(=O)c1cccc(C)c1C)C(C)C. The Morgan fingerprint density at radius 1 is 1.25 bits per heavy atom. The van der Waals surface area contributed by atoms with Crippen molar-refractivity contribution in [2.24, 2.45) is 5.92 Å². The van der Waals surface area contributed by atoms with Gasteiger partial charge in [0, 0.05) is 12.7 Å². The number of hydrogen-bond donors (Lipinski definition) is 0. The van der Waals surface area contributed by atoms with E-state index in [1.54, 1.807) is 7.11 Å². The smallest absolute Gasteiger partial charge is 0.192 e. The van der Waals surface area contributed by atoms with Crippen molar-refractivity contribution in [3.8, 4) is 0 Å². The lowest BCUT2D eigenvalue weighted by molar-refractivity contribution is 0.0458. The Kier molecular flexibility index (Phi) is 4.25. The summed E-state index contributed by atoms with van der Waals surface area (Å²) < 4.78 is 5.27. The third-order valence-electron chi connectivity index (χ3n) is 2.99. The average Bonchev–Trinajstić information content (AvgIpc) is 2.22. The van der Waals surface area contributed by atoms with Gasteiger partial charge >= 0.3 is 0 Å². The second-order valence-electron chi connectivity index (χ2n) is 4.51. The lowest BCUT2D eigenvalue weighted by Gasteiger charge is -2.19. The predicted octanol–water partition coefficient (Wildman–Crippen LogP) is 3.16. The summed E-state index contributed by atoms with van der Waals surface area (Å²) >= 11 is 0. The van der Waals surface area contributed by atoms with Crippen molar-refractivity contribution in [1.29, 1.82) is 0 Å². The van der Waals surface area contributed by atoms with Crippen molar-refractivity contribution in [2.45, 2.75) is 33.8 Å². The maximum Gasteiger partial charge on any atom is 0.192 e. The minimum Gasteiger partial charge on any atom is -0.373 e. The molecule has 16 heavy (non-hydrogen) atoms. The molecular weight excluding hydrogens is 200 g/mol. The molecule has 0 aliphatic rings. The second-order valence-corrected chi connectivity index (χ2v) is 4.51. The first kappa shape index (κ1) is 12.9. The Morgan fingerprint density at radius 2 is 1.88 bits per heavy atom. The molecule has 0 radical (unpaired) electrons. The Morgan fingerprint density at radius 3 is 2.38 bits per heavy atom. The Labute approximate surface area is 97.6 Å². The molecule has 2 nitrogen and oxygen atoms in total. The van der Waals surface area contributed by atoms with E-state index in [0.717, 1.165) is 16.7 Å². The largest absolute Gasteiger partial charge is 0.373 e. The van der Waals surface area contributed by atoms with Gasteiger partial charge in [-0.25, -0.2) is 0 Å². The van der Waals surface area contributed by atoms with Gasteiger partial charge in [-0.1, -0.05) is 32.0 Å². The summed E-state index contributed by atoms with van der Waals surface area (Å²) in [6.07, 6.45) is -0.347. The van der Waals surface area contributed by atoms with Crippen molar-refractivity contribution < 1.29 is 9.53 Å². The maximum absolute atomic E-state index is 12.3. The molecule has 0 aromatic heterocycles. The van der Waals surface area contributed by atoms with Gasteiger partial charge in [0.15, 0.2) is 5.78 Å². The van der Waals surface area contributed by atoms with Gasteiger partial charge in [0.1, 0.15) is 6.10 Å². The van der Waals surface area contributed by atoms with E-state index in [1.165, 1.54) is 0 Å². The lowest BCUT2D eigenvalue weighted by atomic mass is 9.93. The third-order valence-corrected chi connectivity index (χ3v) is 2.99. The summed E-state index contributed by atoms with van der Waals surface area (Å²) in [4.78, 5) is 12.3. The van der Waals surface area contributed by atoms with Gasteiger partial charge in [0.25, 0.3) is 0 Å². The van der Waals surface area contributed by atoms with Crippen LogP contribution >= 0.6 is 0 Å². The molecule has 0 saturated carbocycles. The van der Waals surface area contributed by atoms with Crippen molar-refractivity contribution in [3.05, 3.63) is 34.9 Å². The van der Waals surface area contributed by atoms with E-state index in [-0.39, 0.29) is 17.8 Å². The van der Waals surface area contributed by atoms with Gasteiger partial charge in [-0.15, -0.1) is 0 Å². The molecule has 2 heteroatoms. The number of hydrogen-bond acceptors (Lipinski definition) is 2. The molecule has 0 N–H and O–H groups in total. The summed E-state index contributed by atoms with van der Waals surface area (Å²) in [6, 6.07) is 5.81. The number of carbonyl (C=O) groups is 1. The first-order chi connectivity index (χ1) is 7.49. The van der Waals surface area contributed by atoms with Crippen LogP contribution in [0, 0.1) is 19.8 Å². The minimum absolute atomic E-state index is 0.0821. The summed E-state index contributed by atoms with van der Waals surface area (Å²) in [5.74, 6) is 0.274. The molecule has 0 fully saturated rings. The maximum atomic E-state index is 12.3. The van der Waals surface area contributed by atoms with E-state index in [0.29, 0.717) is 0 Å². The molecule has 0 bridgehead atoms. The molecule has 0 heterocycles. The molecular formula is C14H20O2. The molecule has 0 amide bonds. The molecule has 1 unspecified atom stereocenters. The van der Waals surface area contributed by atoms with Crippen LogP contribution < -0.4 is 0 Å². The predicted molar refractivity (Wildman–Crippen MR) is 65.9 cm³/mol. The molecule has 0 saturated heterocycles. The highest BCUT2D eigenvalue weighted by Gasteiger charge is 2.24. The van der Waals surface area contributed by atoms with Crippen LogP contribution in [0.4, 0.5) is 0 Å². The zero-order chi connectivity index (χ0) is 12.3. The lowest BCUT2D eigenvalue weighted by Crippen LogP contribution is -2.29. The number of aryl methyl sites for hydroxylation is 1. The quantitative estimate of drug-likeness (QED) is 0.729. The van der Waals surface area contributed by atoms with E-state index in [1.807, 2.05) is 45.9 Å². The number of rotatable bonds is 4. The highest BCUT2D eigenvalue weighted by atomic mass is 16.5. The number of benzene rings is 1. The summed E-state index contributed by atoms with van der Waals surface area (Å²) in [6.45, 7) is 7.99. The van der Waals surface area contributed by atoms with E-state index in [2.05, 4.69) is 0 Å². The van der Waals surface area contributed by atoms with Gasteiger partial charge < -0.3 is 4.74 Å². The van der Waals surface area contributed by atoms with Crippen LogP contribution in [0.1, 0.15) is 35.3 Å². The van der Waals surface area contributed by atoms with Gasteiger partial charge in [-0.2, -0.15) is 0 Å².